The number of halogens is 1. The van der Waals surface area contributed by atoms with Gasteiger partial charge in [0.2, 0.25) is 5.91 Å². The van der Waals surface area contributed by atoms with Crippen LogP contribution in [0.3, 0.4) is 0 Å². The van der Waals surface area contributed by atoms with E-state index >= 15 is 0 Å². The second kappa shape index (κ2) is 8.76. The lowest BCUT2D eigenvalue weighted by atomic mass is 10.2. The number of sulfonamides is 1. The van der Waals surface area contributed by atoms with Crippen molar-refractivity contribution >= 4 is 38.5 Å². The van der Waals surface area contributed by atoms with Gasteiger partial charge < -0.3 is 14.6 Å². The van der Waals surface area contributed by atoms with Crippen molar-refractivity contribution in [2.75, 3.05) is 17.8 Å². The molecule has 0 bridgehead atoms. The Kier molecular flexibility index (Phi) is 6.30. The maximum absolute atomic E-state index is 13.6. The monoisotopic (exact) mass is 447 g/mol. The van der Waals surface area contributed by atoms with Crippen LogP contribution in [-0.4, -0.2) is 48.0 Å². The molecule has 1 aromatic heterocycles. The van der Waals surface area contributed by atoms with Gasteiger partial charge >= 0.3 is 5.97 Å². The average molecular weight is 447 g/mol. The molecule has 0 saturated heterocycles. The zero-order valence-corrected chi connectivity index (χ0v) is 17.8. The maximum Gasteiger partial charge on any atom is 0.338 e. The van der Waals surface area contributed by atoms with Gasteiger partial charge in [0.25, 0.3) is 10.0 Å². The van der Waals surface area contributed by atoms with E-state index in [0.29, 0.717) is 13.1 Å². The highest BCUT2D eigenvalue weighted by Gasteiger charge is 2.20. The fourth-order valence-corrected chi connectivity index (χ4v) is 4.35. The summed E-state index contributed by atoms with van der Waals surface area (Å²) in [7, 11) is -4.13. The van der Waals surface area contributed by atoms with Gasteiger partial charge in [0.1, 0.15) is 12.4 Å². The van der Waals surface area contributed by atoms with Crippen molar-refractivity contribution in [3.63, 3.8) is 0 Å². The molecule has 8 nitrogen and oxygen atoms in total. The summed E-state index contributed by atoms with van der Waals surface area (Å²) in [6.45, 7) is 5.23. The number of benzene rings is 2. The SMILES string of the molecule is CCN(CC)C(=O)Cn1ccc2cc(NS(=O)(=O)c3ccc(F)c(C(=O)O)c3)ccc21. The number of carbonyl (C=O) groups excluding carboxylic acids is 1. The van der Waals surface area contributed by atoms with E-state index in [1.807, 2.05) is 13.8 Å². The van der Waals surface area contributed by atoms with E-state index in [4.69, 9.17) is 5.11 Å². The lowest BCUT2D eigenvalue weighted by Gasteiger charge is -2.19. The molecule has 2 N–H and O–H groups in total. The van der Waals surface area contributed by atoms with E-state index in [0.717, 1.165) is 29.1 Å². The third-order valence-corrected chi connectivity index (χ3v) is 6.30. The topological polar surface area (TPSA) is 109 Å². The Morgan fingerprint density at radius 3 is 2.45 bits per heavy atom. The van der Waals surface area contributed by atoms with E-state index in [1.165, 1.54) is 0 Å². The fraction of sp³-hybridized carbons (Fsp3) is 0.238. The van der Waals surface area contributed by atoms with Crippen LogP contribution in [0.15, 0.2) is 53.6 Å². The number of amides is 1. The summed E-state index contributed by atoms with van der Waals surface area (Å²) in [5.74, 6) is -2.59. The summed E-state index contributed by atoms with van der Waals surface area (Å²) in [6.07, 6.45) is 1.75. The minimum Gasteiger partial charge on any atom is -0.478 e. The van der Waals surface area contributed by atoms with E-state index < -0.39 is 27.4 Å². The highest BCUT2D eigenvalue weighted by Crippen LogP contribution is 2.24. The van der Waals surface area contributed by atoms with Crippen LogP contribution >= 0.6 is 0 Å². The van der Waals surface area contributed by atoms with Gasteiger partial charge in [-0.3, -0.25) is 9.52 Å². The molecule has 2 aromatic carbocycles. The highest BCUT2D eigenvalue weighted by molar-refractivity contribution is 7.92. The first kappa shape index (κ1) is 22.3. The Morgan fingerprint density at radius 1 is 1.10 bits per heavy atom. The summed E-state index contributed by atoms with van der Waals surface area (Å²) in [5.41, 5.74) is 0.285. The quantitative estimate of drug-likeness (QED) is 0.551. The maximum atomic E-state index is 13.6. The van der Waals surface area contributed by atoms with E-state index in [2.05, 4.69) is 4.72 Å². The molecule has 0 unspecified atom stereocenters. The van der Waals surface area contributed by atoms with Gasteiger partial charge in [-0.15, -0.1) is 0 Å². The largest absolute Gasteiger partial charge is 0.478 e. The number of aromatic carboxylic acids is 1. The minimum atomic E-state index is -4.13. The van der Waals surface area contributed by atoms with Gasteiger partial charge in [0, 0.05) is 35.9 Å². The number of carboxylic acids is 1. The van der Waals surface area contributed by atoms with Crippen molar-refractivity contribution < 1.29 is 27.5 Å². The molecule has 0 spiro atoms. The van der Waals surface area contributed by atoms with Crippen LogP contribution in [0, 0.1) is 5.82 Å². The number of carboxylic acid groups (broad SMARTS) is 1. The van der Waals surface area contributed by atoms with E-state index in [-0.39, 0.29) is 23.0 Å². The van der Waals surface area contributed by atoms with Crippen LogP contribution in [0.1, 0.15) is 24.2 Å². The number of anilines is 1. The van der Waals surface area contributed by atoms with Crippen LogP contribution in [-0.2, 0) is 21.4 Å². The summed E-state index contributed by atoms with van der Waals surface area (Å²) < 4.78 is 43.0. The molecule has 0 aliphatic rings. The number of nitrogens with one attached hydrogen (secondary N) is 1. The number of fused-ring (bicyclic) bond motifs is 1. The first-order chi connectivity index (χ1) is 14.7. The standard InChI is InChI=1S/C21H22FN3O5S/c1-3-24(4-2)20(26)13-25-10-9-14-11-15(5-8-19(14)25)23-31(29,30)16-6-7-18(22)17(12-16)21(27)28/h5-12,23H,3-4,13H2,1-2H3,(H,27,28). The molecule has 10 heteroatoms. The molecule has 3 rings (SSSR count). The zero-order chi connectivity index (χ0) is 22.8. The van der Waals surface area contributed by atoms with Crippen LogP contribution in [0.2, 0.25) is 0 Å². The number of nitrogens with zero attached hydrogens (tertiary/aromatic N) is 2. The molecule has 0 fully saturated rings. The molecule has 0 aliphatic heterocycles. The number of hydrogen-bond donors (Lipinski definition) is 2. The Morgan fingerprint density at radius 2 is 1.81 bits per heavy atom. The summed E-state index contributed by atoms with van der Waals surface area (Å²) in [6, 6.07) is 9.17. The van der Waals surface area contributed by atoms with Crippen LogP contribution < -0.4 is 4.72 Å². The molecule has 3 aromatic rings. The van der Waals surface area contributed by atoms with Crippen LogP contribution in [0.25, 0.3) is 10.9 Å². The molecular formula is C21H22FN3O5S. The van der Waals surface area contributed by atoms with Gasteiger partial charge in [-0.25, -0.2) is 17.6 Å². The van der Waals surface area contributed by atoms with E-state index in [1.54, 1.807) is 39.9 Å². The molecule has 0 saturated carbocycles. The zero-order valence-electron chi connectivity index (χ0n) is 17.0. The van der Waals surface area contributed by atoms with Crippen molar-refractivity contribution in [3.05, 3.63) is 60.0 Å². The molecule has 31 heavy (non-hydrogen) atoms. The summed E-state index contributed by atoms with van der Waals surface area (Å²) in [4.78, 5) is 24.8. The third kappa shape index (κ3) is 4.69. The van der Waals surface area contributed by atoms with Crippen LogP contribution in [0.5, 0.6) is 0 Å². The first-order valence-corrected chi connectivity index (χ1v) is 11.1. The predicted molar refractivity (Wildman–Crippen MR) is 114 cm³/mol. The number of carbonyl (C=O) groups is 2. The number of rotatable bonds is 8. The number of aromatic nitrogens is 1. The normalized spacial score (nSPS) is 11.5. The molecule has 0 radical (unpaired) electrons. The summed E-state index contributed by atoms with van der Waals surface area (Å²) in [5, 5.41) is 9.73. The second-order valence-electron chi connectivity index (χ2n) is 6.84. The Hall–Kier alpha value is -3.40. The van der Waals surface area contributed by atoms with Gasteiger partial charge in [-0.1, -0.05) is 0 Å². The van der Waals surface area contributed by atoms with Crippen molar-refractivity contribution in [2.24, 2.45) is 0 Å². The van der Waals surface area contributed by atoms with Crippen molar-refractivity contribution in [1.82, 2.24) is 9.47 Å². The summed E-state index contributed by atoms with van der Waals surface area (Å²) >= 11 is 0. The van der Waals surface area contributed by atoms with Gasteiger partial charge in [0.05, 0.1) is 10.5 Å². The first-order valence-electron chi connectivity index (χ1n) is 9.58. The molecule has 1 amide bonds. The molecule has 0 atom stereocenters. The molecular weight excluding hydrogens is 425 g/mol. The number of hydrogen-bond acceptors (Lipinski definition) is 4. The second-order valence-corrected chi connectivity index (χ2v) is 8.52. The number of likely N-dealkylation sites (N-methyl/N-ethyl adjacent to an activating group) is 1. The molecule has 1 heterocycles. The lowest BCUT2D eigenvalue weighted by molar-refractivity contribution is -0.131. The lowest BCUT2D eigenvalue weighted by Crippen LogP contribution is -2.33. The minimum absolute atomic E-state index is 0.0159. The van der Waals surface area contributed by atoms with Crippen LogP contribution in [0.4, 0.5) is 10.1 Å². The van der Waals surface area contributed by atoms with Crippen molar-refractivity contribution in [3.8, 4) is 0 Å². The van der Waals surface area contributed by atoms with Gasteiger partial charge in [-0.2, -0.15) is 0 Å². The molecule has 0 aliphatic carbocycles. The average Bonchev–Trinajstić information content (AvgIpc) is 3.10. The highest BCUT2D eigenvalue weighted by atomic mass is 32.2. The van der Waals surface area contributed by atoms with Gasteiger partial charge in [0.15, 0.2) is 0 Å². The van der Waals surface area contributed by atoms with Crippen molar-refractivity contribution in [1.29, 1.82) is 0 Å². The Bertz CT molecular complexity index is 1250. The smallest absolute Gasteiger partial charge is 0.338 e. The Balaban J connectivity index is 1.85. The predicted octanol–water partition coefficient (Wildman–Crippen LogP) is 3.15. The van der Waals surface area contributed by atoms with E-state index in [9.17, 15) is 22.4 Å². The Labute approximate surface area is 178 Å². The fourth-order valence-electron chi connectivity index (χ4n) is 3.27. The van der Waals surface area contributed by atoms with Crippen molar-refractivity contribution in [2.45, 2.75) is 25.3 Å². The van der Waals surface area contributed by atoms with Gasteiger partial charge in [-0.05, 0) is 56.3 Å². The third-order valence-electron chi connectivity index (χ3n) is 4.92. The molecule has 164 valence electrons.